The van der Waals surface area contributed by atoms with Crippen molar-refractivity contribution in [3.05, 3.63) is 84.1 Å². The summed E-state index contributed by atoms with van der Waals surface area (Å²) in [5, 5.41) is 8.94. The van der Waals surface area contributed by atoms with Crippen LogP contribution >= 0.6 is 0 Å². The van der Waals surface area contributed by atoms with Crippen LogP contribution in [0, 0.1) is 11.8 Å². The third-order valence-corrected chi connectivity index (χ3v) is 7.08. The molecule has 0 saturated heterocycles. The molecule has 0 aromatic rings. The van der Waals surface area contributed by atoms with Gasteiger partial charge in [0.05, 0.1) is 19.8 Å². The number of aliphatic hydroxyl groups excluding tert-OH is 1. The molecule has 0 amide bonds. The highest BCUT2D eigenvalue weighted by Crippen LogP contribution is 2.32. The molecule has 2 aliphatic carbocycles. The van der Waals surface area contributed by atoms with Crippen molar-refractivity contribution in [3.8, 4) is 0 Å². The molecular weight excluding hydrogens is 442 g/mol. The highest BCUT2D eigenvalue weighted by atomic mass is 16.5. The van der Waals surface area contributed by atoms with E-state index in [0.717, 1.165) is 51.7 Å². The predicted molar refractivity (Wildman–Crippen MR) is 157 cm³/mol. The van der Waals surface area contributed by atoms with Crippen LogP contribution in [0.1, 0.15) is 78.1 Å². The molecule has 0 radical (unpaired) electrons. The van der Waals surface area contributed by atoms with E-state index < -0.39 is 0 Å². The third kappa shape index (κ3) is 11.2. The maximum absolute atomic E-state index is 8.94. The fraction of sp³-hybridized carbons (Fsp3) is 0.545. The van der Waals surface area contributed by atoms with Crippen LogP contribution in [0.4, 0.5) is 0 Å². The van der Waals surface area contributed by atoms with Crippen molar-refractivity contribution in [1.82, 2.24) is 0 Å². The van der Waals surface area contributed by atoms with Crippen molar-refractivity contribution in [3.63, 3.8) is 0 Å². The van der Waals surface area contributed by atoms with Crippen LogP contribution in [0.5, 0.6) is 0 Å². The molecule has 1 N–H and O–H groups in total. The van der Waals surface area contributed by atoms with Crippen LogP contribution in [0.25, 0.3) is 0 Å². The number of hydrogen-bond donors (Lipinski definition) is 1. The standard InChI is InChI=1S/C33H49NO2/c1-5-7-8-15-28(4)26-34-33-25-27(3)14-9-12-20-32(33)31(6-2)30-18-11-10-16-29(17-13-19-30)21-23-36-24-22-35/h5-9,14-15,18,27,29,35H,1-2,10-13,16-17,19-26H2,3-4H3/b8-7?,14-9?,28-15?,30-18?,32-31+,34-33?. The average molecular weight is 492 g/mol. The maximum Gasteiger partial charge on any atom is 0.0697 e. The molecule has 0 spiro atoms. The summed E-state index contributed by atoms with van der Waals surface area (Å²) >= 11 is 0. The normalized spacial score (nSPS) is 24.9. The molecule has 0 fully saturated rings. The molecule has 3 heteroatoms. The van der Waals surface area contributed by atoms with Gasteiger partial charge < -0.3 is 9.84 Å². The SMILES string of the molecule is C=CC=CC=C(C)CN=C1CC(C)C=CCC/C1=C(/C=C)C1=CCCCC(CCOCCO)CCC1. The molecule has 36 heavy (non-hydrogen) atoms. The van der Waals surface area contributed by atoms with Gasteiger partial charge in [0.25, 0.3) is 0 Å². The molecule has 3 nitrogen and oxygen atoms in total. The van der Waals surface area contributed by atoms with Crippen LogP contribution in [0.3, 0.4) is 0 Å². The lowest BCUT2D eigenvalue weighted by atomic mass is 9.85. The molecule has 0 aromatic heterocycles. The predicted octanol–water partition coefficient (Wildman–Crippen LogP) is 8.27. The van der Waals surface area contributed by atoms with Gasteiger partial charge in [0.15, 0.2) is 0 Å². The minimum absolute atomic E-state index is 0.110. The summed E-state index contributed by atoms with van der Waals surface area (Å²) in [5.74, 6) is 1.20. The summed E-state index contributed by atoms with van der Waals surface area (Å²) in [6.07, 6.45) is 28.5. The summed E-state index contributed by atoms with van der Waals surface area (Å²) in [5.41, 5.74) is 6.69. The lowest BCUT2D eigenvalue weighted by molar-refractivity contribution is 0.0812. The summed E-state index contributed by atoms with van der Waals surface area (Å²) in [6, 6.07) is 0. The molecule has 0 saturated carbocycles. The number of allylic oxidation sites excluding steroid dienone is 11. The van der Waals surface area contributed by atoms with Crippen LogP contribution in [-0.4, -0.2) is 37.2 Å². The van der Waals surface area contributed by atoms with Gasteiger partial charge in [-0.05, 0) is 86.8 Å². The van der Waals surface area contributed by atoms with Crippen molar-refractivity contribution in [2.45, 2.75) is 78.1 Å². The fourth-order valence-electron chi connectivity index (χ4n) is 5.13. The van der Waals surface area contributed by atoms with E-state index in [0.29, 0.717) is 18.4 Å². The minimum Gasteiger partial charge on any atom is -0.394 e. The molecule has 2 aliphatic rings. The Morgan fingerprint density at radius 3 is 2.75 bits per heavy atom. The second-order valence-electron chi connectivity index (χ2n) is 10.2. The van der Waals surface area contributed by atoms with Gasteiger partial charge in [-0.1, -0.05) is 87.1 Å². The zero-order valence-electron chi connectivity index (χ0n) is 22.9. The van der Waals surface area contributed by atoms with Crippen molar-refractivity contribution in [2.75, 3.05) is 26.4 Å². The first-order valence-corrected chi connectivity index (χ1v) is 14.0. The summed E-state index contributed by atoms with van der Waals surface area (Å²) in [6.45, 7) is 14.5. The number of hydrogen-bond acceptors (Lipinski definition) is 3. The molecular formula is C33H49NO2. The van der Waals surface area contributed by atoms with Gasteiger partial charge in [-0.25, -0.2) is 0 Å². The quantitative estimate of drug-likeness (QED) is 0.179. The van der Waals surface area contributed by atoms with Crippen molar-refractivity contribution in [2.24, 2.45) is 16.8 Å². The minimum atomic E-state index is 0.110. The first kappa shape index (κ1) is 30.0. The summed E-state index contributed by atoms with van der Waals surface area (Å²) < 4.78 is 5.54. The third-order valence-electron chi connectivity index (χ3n) is 7.08. The van der Waals surface area contributed by atoms with Crippen LogP contribution < -0.4 is 0 Å². The van der Waals surface area contributed by atoms with Gasteiger partial charge in [-0.2, -0.15) is 0 Å². The number of nitrogens with zero attached hydrogens (tertiary/aromatic N) is 1. The summed E-state index contributed by atoms with van der Waals surface area (Å²) in [7, 11) is 0. The van der Waals surface area contributed by atoms with Crippen molar-refractivity contribution >= 4 is 5.71 Å². The van der Waals surface area contributed by atoms with Crippen molar-refractivity contribution in [1.29, 1.82) is 0 Å². The maximum atomic E-state index is 8.94. The van der Waals surface area contributed by atoms with Crippen molar-refractivity contribution < 1.29 is 9.84 Å². The second-order valence-corrected chi connectivity index (χ2v) is 10.2. The number of aliphatic imine (C=N–C) groups is 1. The van der Waals surface area contributed by atoms with Gasteiger partial charge in [-0.15, -0.1) is 0 Å². The Balaban J connectivity index is 2.25. The van der Waals surface area contributed by atoms with E-state index in [2.05, 4.69) is 57.4 Å². The van der Waals surface area contributed by atoms with Crippen LogP contribution in [0.15, 0.2) is 89.1 Å². The number of aliphatic hydroxyl groups is 1. The Labute approximate surface area is 220 Å². The van der Waals surface area contributed by atoms with E-state index in [1.165, 1.54) is 53.7 Å². The van der Waals surface area contributed by atoms with Gasteiger partial charge in [0.2, 0.25) is 0 Å². The van der Waals surface area contributed by atoms with E-state index in [-0.39, 0.29) is 6.61 Å². The average Bonchev–Trinajstić information content (AvgIpc) is 2.98. The van der Waals surface area contributed by atoms with E-state index in [4.69, 9.17) is 14.8 Å². The zero-order chi connectivity index (χ0) is 26.0. The molecule has 2 rings (SSSR count). The Hall–Kier alpha value is -2.23. The molecule has 198 valence electrons. The Morgan fingerprint density at radius 1 is 1.14 bits per heavy atom. The van der Waals surface area contributed by atoms with E-state index in [1.807, 2.05) is 12.2 Å². The van der Waals surface area contributed by atoms with Gasteiger partial charge in [-0.3, -0.25) is 4.99 Å². The lowest BCUT2D eigenvalue weighted by Gasteiger charge is -2.21. The highest BCUT2D eigenvalue weighted by molar-refractivity contribution is 6.02. The largest absolute Gasteiger partial charge is 0.394 e. The molecule has 2 atom stereocenters. The fourth-order valence-corrected chi connectivity index (χ4v) is 5.13. The van der Waals surface area contributed by atoms with E-state index in [9.17, 15) is 0 Å². The topological polar surface area (TPSA) is 41.8 Å². The molecule has 0 heterocycles. The Bertz CT molecular complexity index is 868. The first-order valence-electron chi connectivity index (χ1n) is 14.0. The van der Waals surface area contributed by atoms with Gasteiger partial charge >= 0.3 is 0 Å². The Morgan fingerprint density at radius 2 is 1.97 bits per heavy atom. The molecule has 0 aliphatic heterocycles. The summed E-state index contributed by atoms with van der Waals surface area (Å²) in [4.78, 5) is 5.17. The molecule has 2 unspecified atom stereocenters. The van der Waals surface area contributed by atoms with E-state index >= 15 is 0 Å². The smallest absolute Gasteiger partial charge is 0.0697 e. The van der Waals surface area contributed by atoms with E-state index in [1.54, 1.807) is 6.08 Å². The monoisotopic (exact) mass is 491 g/mol. The number of rotatable bonds is 11. The first-order chi connectivity index (χ1) is 17.6. The molecule has 0 bridgehead atoms. The van der Waals surface area contributed by atoms with Crippen LogP contribution in [0.2, 0.25) is 0 Å². The highest BCUT2D eigenvalue weighted by Gasteiger charge is 2.19. The van der Waals surface area contributed by atoms with Gasteiger partial charge in [0.1, 0.15) is 0 Å². The van der Waals surface area contributed by atoms with Gasteiger partial charge in [0, 0.05) is 12.3 Å². The molecule has 0 aromatic carbocycles. The Kier molecular flexibility index (Phi) is 15.1. The number of ether oxygens (including phenoxy) is 1. The van der Waals surface area contributed by atoms with Crippen LogP contribution in [-0.2, 0) is 4.74 Å². The second kappa shape index (κ2) is 18.1. The lowest BCUT2D eigenvalue weighted by Crippen LogP contribution is -2.13. The zero-order valence-corrected chi connectivity index (χ0v) is 22.9.